The smallest absolute Gasteiger partial charge is 0.249 e. The minimum Gasteiger partial charge on any atom is -0.378 e. The van der Waals surface area contributed by atoms with Crippen molar-refractivity contribution < 1.29 is 35.1 Å². The molecule has 3 aromatic rings. The van der Waals surface area contributed by atoms with E-state index in [0.717, 1.165) is 23.1 Å². The second kappa shape index (κ2) is 9.45. The average Bonchev–Trinajstić information content (AvgIpc) is 3.62. The van der Waals surface area contributed by atoms with E-state index in [-0.39, 0.29) is 6.54 Å². The van der Waals surface area contributed by atoms with Gasteiger partial charge in [-0.15, -0.1) is 0 Å². The van der Waals surface area contributed by atoms with Crippen LogP contribution in [0.3, 0.4) is 0 Å². The van der Waals surface area contributed by atoms with Gasteiger partial charge in [0.05, 0.1) is 25.1 Å². The number of ether oxygens (including phenoxy) is 1. The van der Waals surface area contributed by atoms with E-state index in [1.807, 2.05) is 24.3 Å². The van der Waals surface area contributed by atoms with Crippen LogP contribution in [0.2, 0.25) is 0 Å². The summed E-state index contributed by atoms with van der Waals surface area (Å²) in [6, 6.07) is 6.90. The van der Waals surface area contributed by atoms with Crippen molar-refractivity contribution in [3.8, 4) is 5.69 Å². The molecule has 1 aromatic heterocycles. The standard InChI is InChI=1S/C23H21F5N4O3S/c24-18-19(25)21(27)23(22(28)20(18)26)36(33,34)32(17-5-6-17)13-14-11-29-31(12-14)16-3-1-15(2-4-16)30-7-9-35-10-8-30/h1-4,11-12,17H,5-10,13H2. The minimum absolute atomic E-state index is 0.349. The zero-order valence-electron chi connectivity index (χ0n) is 18.8. The fourth-order valence-electron chi connectivity index (χ4n) is 4.10. The molecule has 2 heterocycles. The molecule has 1 saturated heterocycles. The van der Waals surface area contributed by atoms with Crippen molar-refractivity contribution in [3.63, 3.8) is 0 Å². The topological polar surface area (TPSA) is 67.7 Å². The molecule has 2 aromatic carbocycles. The van der Waals surface area contributed by atoms with Gasteiger partial charge in [0.1, 0.15) is 0 Å². The van der Waals surface area contributed by atoms with Crippen molar-refractivity contribution in [1.29, 1.82) is 0 Å². The second-order valence-corrected chi connectivity index (χ2v) is 10.4. The van der Waals surface area contributed by atoms with E-state index in [4.69, 9.17) is 4.74 Å². The summed E-state index contributed by atoms with van der Waals surface area (Å²) < 4.78 is 103. The van der Waals surface area contributed by atoms with E-state index >= 15 is 0 Å². The average molecular weight is 529 g/mol. The summed E-state index contributed by atoms with van der Waals surface area (Å²) in [5, 5.41) is 4.23. The molecular formula is C23H21F5N4O3S. The van der Waals surface area contributed by atoms with Crippen LogP contribution in [0, 0.1) is 29.1 Å². The van der Waals surface area contributed by atoms with Crippen LogP contribution in [0.25, 0.3) is 5.69 Å². The summed E-state index contributed by atoms with van der Waals surface area (Å²) in [6.07, 6.45) is 3.73. The fraction of sp³-hybridized carbons (Fsp3) is 0.348. The van der Waals surface area contributed by atoms with Crippen molar-refractivity contribution in [2.45, 2.75) is 30.3 Å². The summed E-state index contributed by atoms with van der Waals surface area (Å²) in [5.74, 6) is -11.8. The number of nitrogens with zero attached hydrogens (tertiary/aromatic N) is 4. The Hall–Kier alpha value is -3.03. The third kappa shape index (κ3) is 4.46. The Kier molecular flexibility index (Phi) is 6.47. The first-order valence-corrected chi connectivity index (χ1v) is 12.6. The summed E-state index contributed by atoms with van der Waals surface area (Å²) in [7, 11) is -5.05. The Balaban J connectivity index is 1.40. The molecule has 0 radical (unpaired) electrons. The molecule has 5 rings (SSSR count). The molecule has 13 heteroatoms. The highest BCUT2D eigenvalue weighted by Crippen LogP contribution is 2.36. The summed E-state index contributed by atoms with van der Waals surface area (Å²) in [4.78, 5) is 0.330. The predicted molar refractivity (Wildman–Crippen MR) is 119 cm³/mol. The minimum atomic E-state index is -5.05. The number of hydrogen-bond acceptors (Lipinski definition) is 5. The van der Waals surface area contributed by atoms with Gasteiger partial charge in [0.25, 0.3) is 0 Å². The van der Waals surface area contributed by atoms with Gasteiger partial charge in [-0.25, -0.2) is 35.1 Å². The first-order valence-electron chi connectivity index (χ1n) is 11.2. The molecule has 0 atom stereocenters. The normalized spacial score (nSPS) is 16.7. The number of aromatic nitrogens is 2. The molecule has 1 saturated carbocycles. The highest BCUT2D eigenvalue weighted by molar-refractivity contribution is 7.89. The van der Waals surface area contributed by atoms with E-state index in [1.165, 1.54) is 10.9 Å². The monoisotopic (exact) mass is 528 g/mol. The lowest BCUT2D eigenvalue weighted by Crippen LogP contribution is -2.36. The second-order valence-electron chi connectivity index (χ2n) is 8.59. The SMILES string of the molecule is O=S(=O)(c1c(F)c(F)c(F)c(F)c1F)N(Cc1cnn(-c2ccc(N3CCOCC3)cc2)c1)C1CC1. The maximum absolute atomic E-state index is 14.3. The molecule has 0 amide bonds. The quantitative estimate of drug-likeness (QED) is 0.266. The molecule has 7 nitrogen and oxygen atoms in total. The van der Waals surface area contributed by atoms with Gasteiger partial charge >= 0.3 is 0 Å². The van der Waals surface area contributed by atoms with Gasteiger partial charge in [-0.3, -0.25) is 0 Å². The maximum Gasteiger partial charge on any atom is 0.249 e. The Morgan fingerprint density at radius 2 is 1.44 bits per heavy atom. The lowest BCUT2D eigenvalue weighted by molar-refractivity contribution is 0.122. The lowest BCUT2D eigenvalue weighted by atomic mass is 10.2. The van der Waals surface area contributed by atoms with Gasteiger partial charge in [-0.1, -0.05) is 0 Å². The van der Waals surface area contributed by atoms with Crippen LogP contribution in [0.4, 0.5) is 27.6 Å². The van der Waals surface area contributed by atoms with Crippen molar-refractivity contribution in [3.05, 3.63) is 71.3 Å². The van der Waals surface area contributed by atoms with Crippen LogP contribution in [-0.2, 0) is 21.3 Å². The zero-order chi connectivity index (χ0) is 25.6. The summed E-state index contributed by atoms with van der Waals surface area (Å²) >= 11 is 0. The largest absolute Gasteiger partial charge is 0.378 e. The molecule has 2 fully saturated rings. The van der Waals surface area contributed by atoms with Crippen LogP contribution in [0.5, 0.6) is 0 Å². The Morgan fingerprint density at radius 1 is 0.889 bits per heavy atom. The maximum atomic E-state index is 14.3. The van der Waals surface area contributed by atoms with Crippen molar-refractivity contribution in [2.24, 2.45) is 0 Å². The summed E-state index contributed by atoms with van der Waals surface area (Å²) in [5.41, 5.74) is 2.09. The zero-order valence-corrected chi connectivity index (χ0v) is 19.6. The molecule has 36 heavy (non-hydrogen) atoms. The van der Waals surface area contributed by atoms with Crippen LogP contribution in [0.15, 0.2) is 41.6 Å². The Labute approximate surface area is 203 Å². The van der Waals surface area contributed by atoms with Gasteiger partial charge < -0.3 is 9.64 Å². The molecule has 192 valence electrons. The first-order chi connectivity index (χ1) is 17.2. The number of morpholine rings is 1. The Bertz CT molecular complexity index is 1360. The molecule has 0 spiro atoms. The number of halogens is 5. The molecule has 1 aliphatic heterocycles. The third-order valence-corrected chi connectivity index (χ3v) is 8.07. The van der Waals surface area contributed by atoms with Gasteiger partial charge in [-0.05, 0) is 37.1 Å². The highest BCUT2D eigenvalue weighted by Gasteiger charge is 2.43. The lowest BCUT2D eigenvalue weighted by Gasteiger charge is -2.28. The highest BCUT2D eigenvalue weighted by atomic mass is 32.2. The Morgan fingerprint density at radius 3 is 2.03 bits per heavy atom. The van der Waals surface area contributed by atoms with Crippen molar-refractivity contribution in [1.82, 2.24) is 14.1 Å². The van der Waals surface area contributed by atoms with E-state index in [1.54, 1.807) is 6.20 Å². The van der Waals surface area contributed by atoms with Crippen molar-refractivity contribution >= 4 is 15.7 Å². The predicted octanol–water partition coefficient (Wildman–Crippen LogP) is 3.76. The summed E-state index contributed by atoms with van der Waals surface area (Å²) in [6.45, 7) is 2.50. The van der Waals surface area contributed by atoms with Crippen LogP contribution in [-0.4, -0.2) is 54.8 Å². The number of benzene rings is 2. The molecular weight excluding hydrogens is 507 g/mol. The van der Waals surface area contributed by atoms with Crippen LogP contribution >= 0.6 is 0 Å². The molecule has 0 bridgehead atoms. The van der Waals surface area contributed by atoms with E-state index in [0.29, 0.717) is 37.3 Å². The van der Waals surface area contributed by atoms with Crippen molar-refractivity contribution in [2.75, 3.05) is 31.2 Å². The fourth-order valence-corrected chi connectivity index (χ4v) is 5.89. The van der Waals surface area contributed by atoms with Gasteiger partial charge in [0.2, 0.25) is 15.8 Å². The molecule has 2 aliphatic rings. The van der Waals surface area contributed by atoms with E-state index < -0.39 is 50.0 Å². The van der Waals surface area contributed by atoms with Crippen LogP contribution in [0.1, 0.15) is 18.4 Å². The number of anilines is 1. The third-order valence-electron chi connectivity index (χ3n) is 6.16. The van der Waals surface area contributed by atoms with E-state index in [2.05, 4.69) is 10.00 Å². The van der Waals surface area contributed by atoms with Crippen LogP contribution < -0.4 is 4.90 Å². The van der Waals surface area contributed by atoms with Gasteiger partial charge in [0.15, 0.2) is 28.2 Å². The molecule has 0 N–H and O–H groups in total. The number of hydrogen-bond donors (Lipinski definition) is 0. The molecule has 1 aliphatic carbocycles. The number of sulfonamides is 1. The number of rotatable bonds is 7. The van der Waals surface area contributed by atoms with E-state index in [9.17, 15) is 30.4 Å². The molecule has 0 unspecified atom stereocenters. The van der Waals surface area contributed by atoms with Gasteiger partial charge in [-0.2, -0.15) is 9.40 Å². The van der Waals surface area contributed by atoms with Gasteiger partial charge in [0, 0.05) is 43.1 Å². The first kappa shape index (κ1) is 24.7.